The molecule has 20 heavy (non-hydrogen) atoms. The van der Waals surface area contributed by atoms with Crippen molar-refractivity contribution in [1.29, 1.82) is 0 Å². The molecule has 0 radical (unpaired) electrons. The first kappa shape index (κ1) is 14.5. The van der Waals surface area contributed by atoms with E-state index in [1.54, 1.807) is 5.38 Å². The number of nitrogens with one attached hydrogen (secondary N) is 1. The number of para-hydroxylation sites is 2. The van der Waals surface area contributed by atoms with Gasteiger partial charge in [-0.3, -0.25) is 4.79 Å². The average molecular weight is 290 g/mol. The molecule has 0 aliphatic rings. The van der Waals surface area contributed by atoms with Crippen LogP contribution in [0.1, 0.15) is 15.5 Å². The molecule has 0 unspecified atom stereocenters. The molecule has 0 saturated carbocycles. The number of thiazole rings is 1. The molecule has 3 N–H and O–H groups in total. The van der Waals surface area contributed by atoms with Crippen LogP contribution in [0, 0.1) is 0 Å². The molecule has 6 heteroatoms. The number of hydrogen-bond donors (Lipinski definition) is 2. The second-order valence-electron chi connectivity index (χ2n) is 4.53. The number of carbonyl (C=O) groups excluding carboxylic acids is 1. The fourth-order valence-electron chi connectivity index (χ4n) is 1.81. The lowest BCUT2D eigenvalue weighted by Crippen LogP contribution is -2.17. The molecular formula is C14H18N4OS. The van der Waals surface area contributed by atoms with Crippen molar-refractivity contribution in [2.75, 3.05) is 30.9 Å². The highest BCUT2D eigenvalue weighted by molar-refractivity contribution is 7.09. The second-order valence-corrected chi connectivity index (χ2v) is 5.47. The Bertz CT molecular complexity index is 594. The first-order valence-corrected chi connectivity index (χ1v) is 7.22. The Kier molecular flexibility index (Phi) is 4.70. The van der Waals surface area contributed by atoms with Gasteiger partial charge in [0.1, 0.15) is 5.69 Å². The van der Waals surface area contributed by atoms with E-state index in [1.165, 1.54) is 11.3 Å². The normalized spacial score (nSPS) is 10.3. The topological polar surface area (TPSA) is 71.2 Å². The molecule has 0 aliphatic carbocycles. The molecule has 1 amide bonds. The van der Waals surface area contributed by atoms with Crippen molar-refractivity contribution >= 4 is 28.6 Å². The number of nitrogens with zero attached hydrogens (tertiary/aromatic N) is 2. The summed E-state index contributed by atoms with van der Waals surface area (Å²) in [5, 5.41) is 5.55. The van der Waals surface area contributed by atoms with Crippen LogP contribution < -0.4 is 16.0 Å². The van der Waals surface area contributed by atoms with Gasteiger partial charge in [0.05, 0.1) is 16.4 Å². The predicted octanol–water partition coefficient (Wildman–Crippen LogP) is 1.96. The molecule has 2 aromatic rings. The zero-order chi connectivity index (χ0) is 14.5. The fourth-order valence-corrected chi connectivity index (χ4v) is 2.60. The molecule has 0 fully saturated rings. The van der Waals surface area contributed by atoms with Gasteiger partial charge in [-0.05, 0) is 18.7 Å². The molecular weight excluding hydrogens is 272 g/mol. The summed E-state index contributed by atoms with van der Waals surface area (Å²) in [5.41, 5.74) is 7.65. The number of aromatic nitrogens is 1. The van der Waals surface area contributed by atoms with E-state index in [2.05, 4.69) is 10.3 Å². The maximum absolute atomic E-state index is 12.2. The van der Waals surface area contributed by atoms with Gasteiger partial charge >= 0.3 is 0 Å². The maximum Gasteiger partial charge on any atom is 0.275 e. The van der Waals surface area contributed by atoms with Gasteiger partial charge in [0.15, 0.2) is 0 Å². The van der Waals surface area contributed by atoms with Gasteiger partial charge in [0.25, 0.3) is 5.91 Å². The second kappa shape index (κ2) is 6.49. The first-order valence-electron chi connectivity index (χ1n) is 6.34. The molecule has 0 bridgehead atoms. The van der Waals surface area contributed by atoms with Crippen LogP contribution in [-0.4, -0.2) is 31.5 Å². The summed E-state index contributed by atoms with van der Waals surface area (Å²) in [6, 6.07) is 7.66. The van der Waals surface area contributed by atoms with Gasteiger partial charge in [0, 0.05) is 25.9 Å². The summed E-state index contributed by atoms with van der Waals surface area (Å²) >= 11 is 1.46. The lowest BCUT2D eigenvalue weighted by Gasteiger charge is -2.17. The van der Waals surface area contributed by atoms with Crippen molar-refractivity contribution < 1.29 is 4.79 Å². The lowest BCUT2D eigenvalue weighted by molar-refractivity contribution is 0.102. The van der Waals surface area contributed by atoms with Crippen molar-refractivity contribution in [3.63, 3.8) is 0 Å². The minimum atomic E-state index is -0.196. The smallest absolute Gasteiger partial charge is 0.275 e. The van der Waals surface area contributed by atoms with Gasteiger partial charge < -0.3 is 16.0 Å². The monoisotopic (exact) mass is 290 g/mol. The predicted molar refractivity (Wildman–Crippen MR) is 83.6 cm³/mol. The third-order valence-corrected chi connectivity index (χ3v) is 3.69. The SMILES string of the molecule is CN(C)c1ccccc1NC(=O)c1csc(CCN)n1. The quantitative estimate of drug-likeness (QED) is 0.883. The number of nitrogens with two attached hydrogens (primary N) is 1. The number of rotatable bonds is 5. The van der Waals surface area contributed by atoms with Crippen LogP contribution >= 0.6 is 11.3 Å². The van der Waals surface area contributed by atoms with Crippen LogP contribution in [-0.2, 0) is 6.42 Å². The van der Waals surface area contributed by atoms with E-state index in [-0.39, 0.29) is 5.91 Å². The summed E-state index contributed by atoms with van der Waals surface area (Å²) < 4.78 is 0. The van der Waals surface area contributed by atoms with Gasteiger partial charge in [-0.1, -0.05) is 12.1 Å². The van der Waals surface area contributed by atoms with E-state index in [0.717, 1.165) is 16.4 Å². The largest absolute Gasteiger partial charge is 0.376 e. The van der Waals surface area contributed by atoms with Crippen molar-refractivity contribution in [3.05, 3.63) is 40.3 Å². The van der Waals surface area contributed by atoms with Gasteiger partial charge in [-0.2, -0.15) is 0 Å². The molecule has 0 saturated heterocycles. The highest BCUT2D eigenvalue weighted by atomic mass is 32.1. The van der Waals surface area contributed by atoms with E-state index in [4.69, 9.17) is 5.73 Å². The highest BCUT2D eigenvalue weighted by Gasteiger charge is 2.13. The summed E-state index contributed by atoms with van der Waals surface area (Å²) in [5.74, 6) is -0.196. The zero-order valence-corrected chi connectivity index (χ0v) is 12.4. The molecule has 2 rings (SSSR count). The maximum atomic E-state index is 12.2. The third kappa shape index (κ3) is 3.34. The van der Waals surface area contributed by atoms with Crippen molar-refractivity contribution in [1.82, 2.24) is 4.98 Å². The van der Waals surface area contributed by atoms with E-state index in [1.807, 2.05) is 43.3 Å². The lowest BCUT2D eigenvalue weighted by atomic mass is 10.2. The molecule has 5 nitrogen and oxygen atoms in total. The van der Waals surface area contributed by atoms with E-state index in [0.29, 0.717) is 18.7 Å². The Balaban J connectivity index is 2.15. The van der Waals surface area contributed by atoms with E-state index in [9.17, 15) is 4.79 Å². The van der Waals surface area contributed by atoms with E-state index < -0.39 is 0 Å². The van der Waals surface area contributed by atoms with Gasteiger partial charge in [-0.25, -0.2) is 4.98 Å². The number of amides is 1. The summed E-state index contributed by atoms with van der Waals surface area (Å²) in [7, 11) is 3.88. The molecule has 1 heterocycles. The van der Waals surface area contributed by atoms with Crippen LogP contribution in [0.25, 0.3) is 0 Å². The summed E-state index contributed by atoms with van der Waals surface area (Å²) in [6.07, 6.45) is 0.701. The number of hydrogen-bond acceptors (Lipinski definition) is 5. The van der Waals surface area contributed by atoms with Crippen molar-refractivity contribution in [2.45, 2.75) is 6.42 Å². The number of anilines is 2. The van der Waals surface area contributed by atoms with Crippen LogP contribution in [0.5, 0.6) is 0 Å². The van der Waals surface area contributed by atoms with Gasteiger partial charge in [-0.15, -0.1) is 11.3 Å². The molecule has 0 atom stereocenters. The van der Waals surface area contributed by atoms with Crippen LogP contribution in [0.4, 0.5) is 11.4 Å². The van der Waals surface area contributed by atoms with Crippen LogP contribution in [0.15, 0.2) is 29.6 Å². The van der Waals surface area contributed by atoms with Crippen molar-refractivity contribution in [2.24, 2.45) is 5.73 Å². The Morgan fingerprint density at radius 3 is 2.85 bits per heavy atom. The molecule has 1 aromatic carbocycles. The Morgan fingerprint density at radius 2 is 2.15 bits per heavy atom. The molecule has 1 aromatic heterocycles. The summed E-state index contributed by atoms with van der Waals surface area (Å²) in [4.78, 5) is 18.4. The Morgan fingerprint density at radius 1 is 1.40 bits per heavy atom. The van der Waals surface area contributed by atoms with Gasteiger partial charge in [0.2, 0.25) is 0 Å². The standard InChI is InChI=1S/C14H18N4OS/c1-18(2)12-6-4-3-5-10(12)17-14(19)11-9-20-13(16-11)7-8-15/h3-6,9H,7-8,15H2,1-2H3,(H,17,19). The number of carbonyl (C=O) groups is 1. The molecule has 106 valence electrons. The van der Waals surface area contributed by atoms with E-state index >= 15 is 0 Å². The summed E-state index contributed by atoms with van der Waals surface area (Å²) in [6.45, 7) is 0.540. The Hall–Kier alpha value is -1.92. The number of benzene rings is 1. The molecule has 0 spiro atoms. The van der Waals surface area contributed by atoms with Crippen LogP contribution in [0.3, 0.4) is 0 Å². The average Bonchev–Trinajstić information content (AvgIpc) is 2.88. The molecule has 0 aliphatic heterocycles. The Labute approximate surface area is 122 Å². The van der Waals surface area contributed by atoms with Crippen molar-refractivity contribution in [3.8, 4) is 0 Å². The first-order chi connectivity index (χ1) is 9.61. The highest BCUT2D eigenvalue weighted by Crippen LogP contribution is 2.24. The van der Waals surface area contributed by atoms with Crippen LogP contribution in [0.2, 0.25) is 0 Å². The minimum absolute atomic E-state index is 0.196. The third-order valence-electron chi connectivity index (χ3n) is 2.78. The fraction of sp³-hybridized carbons (Fsp3) is 0.286. The zero-order valence-electron chi connectivity index (χ0n) is 11.6. The minimum Gasteiger partial charge on any atom is -0.376 e.